The van der Waals surface area contributed by atoms with E-state index >= 15 is 0 Å². The van der Waals surface area contributed by atoms with E-state index in [0.29, 0.717) is 17.1 Å². The summed E-state index contributed by atoms with van der Waals surface area (Å²) in [4.78, 5) is 0.344. The van der Waals surface area contributed by atoms with Crippen molar-refractivity contribution >= 4 is 9.84 Å². The predicted molar refractivity (Wildman–Crippen MR) is 72.2 cm³/mol. The van der Waals surface area contributed by atoms with Gasteiger partial charge in [0.1, 0.15) is 12.0 Å². The van der Waals surface area contributed by atoms with E-state index in [1.807, 2.05) is 6.92 Å². The lowest BCUT2D eigenvalue weighted by Gasteiger charge is -2.18. The fourth-order valence-electron chi connectivity index (χ4n) is 1.78. The molecule has 0 saturated heterocycles. The highest BCUT2D eigenvalue weighted by molar-refractivity contribution is 7.91. The number of rotatable bonds is 4. The van der Waals surface area contributed by atoms with Crippen LogP contribution in [0, 0.1) is 6.92 Å². The highest BCUT2D eigenvalue weighted by Crippen LogP contribution is 2.27. The Hall–Kier alpha value is -1.49. The fraction of sp³-hybridized carbons (Fsp3) is 0.429. The second-order valence-electron chi connectivity index (χ2n) is 5.09. The molecule has 0 saturated carbocycles. The van der Waals surface area contributed by atoms with E-state index in [0.717, 1.165) is 5.56 Å². The second kappa shape index (κ2) is 4.89. The Morgan fingerprint density at radius 1 is 1.16 bits per heavy atom. The molecule has 0 unspecified atom stereocenters. The first-order chi connectivity index (χ1) is 8.78. The molecule has 0 N–H and O–H groups in total. The van der Waals surface area contributed by atoms with Crippen LogP contribution in [-0.4, -0.2) is 20.0 Å². The van der Waals surface area contributed by atoms with Crippen LogP contribution in [0.4, 0.5) is 0 Å². The zero-order chi connectivity index (χ0) is 14.1. The molecule has 0 radical (unpaired) electrons. The van der Waals surface area contributed by atoms with Crippen LogP contribution in [0.25, 0.3) is 0 Å². The molecular weight excluding hydrogens is 264 g/mol. The van der Waals surface area contributed by atoms with Crippen molar-refractivity contribution in [1.29, 1.82) is 0 Å². The van der Waals surface area contributed by atoms with Gasteiger partial charge in [-0.2, -0.15) is 0 Å². The molecule has 19 heavy (non-hydrogen) atoms. The third kappa shape index (κ3) is 3.50. The van der Waals surface area contributed by atoms with Crippen molar-refractivity contribution in [3.8, 4) is 0 Å². The van der Waals surface area contributed by atoms with Crippen LogP contribution in [0.1, 0.15) is 25.8 Å². The Kier molecular flexibility index (Phi) is 3.58. The lowest BCUT2D eigenvalue weighted by atomic mass is 10.2. The molecule has 0 bridgehead atoms. The van der Waals surface area contributed by atoms with Crippen LogP contribution >= 0.6 is 0 Å². The van der Waals surface area contributed by atoms with Gasteiger partial charge in [0.2, 0.25) is 5.79 Å². The Morgan fingerprint density at radius 2 is 1.79 bits per heavy atom. The Bertz CT molecular complexity index is 582. The zero-order valence-corrected chi connectivity index (χ0v) is 12.2. The first kappa shape index (κ1) is 13.9. The molecule has 1 heterocycles. The predicted octanol–water partition coefficient (Wildman–Crippen LogP) is 2.78. The SMILES string of the molecule is Cc1ccc(S(=O)(=O)CCC2=COC(C)(C)O2)cc1. The smallest absolute Gasteiger partial charge is 0.244 e. The molecule has 0 aliphatic carbocycles. The van der Waals surface area contributed by atoms with Gasteiger partial charge in [-0.3, -0.25) is 0 Å². The van der Waals surface area contributed by atoms with Crippen LogP contribution in [-0.2, 0) is 19.3 Å². The summed E-state index contributed by atoms with van der Waals surface area (Å²) < 4.78 is 35.0. The molecule has 0 spiro atoms. The topological polar surface area (TPSA) is 52.6 Å². The highest BCUT2D eigenvalue weighted by Gasteiger charge is 2.28. The molecule has 1 aliphatic rings. The van der Waals surface area contributed by atoms with Crippen LogP contribution in [0.2, 0.25) is 0 Å². The van der Waals surface area contributed by atoms with E-state index in [9.17, 15) is 8.42 Å². The maximum absolute atomic E-state index is 12.1. The van der Waals surface area contributed by atoms with Gasteiger partial charge in [-0.05, 0) is 19.1 Å². The first-order valence-corrected chi connectivity index (χ1v) is 7.79. The standard InChI is InChI=1S/C14H18O4S/c1-11-4-6-13(7-5-11)19(15,16)9-8-12-10-17-14(2,3)18-12/h4-7,10H,8-9H2,1-3H3. The van der Waals surface area contributed by atoms with Crippen LogP contribution < -0.4 is 0 Å². The lowest BCUT2D eigenvalue weighted by Crippen LogP contribution is -2.20. The summed E-state index contributed by atoms with van der Waals surface area (Å²) in [7, 11) is -3.28. The summed E-state index contributed by atoms with van der Waals surface area (Å²) in [5.74, 6) is -0.106. The van der Waals surface area contributed by atoms with Crippen molar-refractivity contribution in [2.45, 2.75) is 37.9 Å². The number of hydrogen-bond acceptors (Lipinski definition) is 4. The lowest BCUT2D eigenvalue weighted by molar-refractivity contribution is -0.117. The fourth-order valence-corrected chi connectivity index (χ4v) is 3.04. The van der Waals surface area contributed by atoms with E-state index in [1.165, 1.54) is 6.26 Å². The van der Waals surface area contributed by atoms with Gasteiger partial charge >= 0.3 is 0 Å². The minimum Gasteiger partial charge on any atom is -0.457 e. The van der Waals surface area contributed by atoms with Crippen molar-refractivity contribution in [2.75, 3.05) is 5.75 Å². The van der Waals surface area contributed by atoms with E-state index in [2.05, 4.69) is 0 Å². The molecule has 104 valence electrons. The minimum atomic E-state index is -3.28. The van der Waals surface area contributed by atoms with E-state index < -0.39 is 15.6 Å². The van der Waals surface area contributed by atoms with E-state index in [-0.39, 0.29) is 5.75 Å². The number of benzene rings is 1. The Labute approximate surface area is 114 Å². The zero-order valence-electron chi connectivity index (χ0n) is 11.3. The molecule has 4 nitrogen and oxygen atoms in total. The normalized spacial score (nSPS) is 17.5. The average Bonchev–Trinajstić information content (AvgIpc) is 2.67. The summed E-state index contributed by atoms with van der Waals surface area (Å²) >= 11 is 0. The quantitative estimate of drug-likeness (QED) is 0.852. The molecule has 1 aromatic rings. The summed E-state index contributed by atoms with van der Waals surface area (Å²) in [6.07, 6.45) is 1.81. The minimum absolute atomic E-state index is 0.0152. The van der Waals surface area contributed by atoms with Crippen LogP contribution in [0.15, 0.2) is 41.2 Å². The number of allylic oxidation sites excluding steroid dienone is 1. The molecular formula is C14H18O4S. The van der Waals surface area contributed by atoms with Crippen molar-refractivity contribution in [1.82, 2.24) is 0 Å². The summed E-state index contributed by atoms with van der Waals surface area (Å²) in [5.41, 5.74) is 1.04. The van der Waals surface area contributed by atoms with Crippen LogP contribution in [0.5, 0.6) is 0 Å². The highest BCUT2D eigenvalue weighted by atomic mass is 32.2. The van der Waals surface area contributed by atoms with Gasteiger partial charge in [0.25, 0.3) is 0 Å². The van der Waals surface area contributed by atoms with Gasteiger partial charge in [-0.1, -0.05) is 17.7 Å². The van der Waals surface area contributed by atoms with Gasteiger partial charge in [0, 0.05) is 20.3 Å². The molecule has 1 aliphatic heterocycles. The Balaban J connectivity index is 2.01. The summed E-state index contributed by atoms with van der Waals surface area (Å²) in [6.45, 7) is 5.49. The van der Waals surface area contributed by atoms with Gasteiger partial charge in [-0.25, -0.2) is 8.42 Å². The van der Waals surface area contributed by atoms with Gasteiger partial charge in [0.15, 0.2) is 9.84 Å². The van der Waals surface area contributed by atoms with Gasteiger partial charge in [-0.15, -0.1) is 0 Å². The molecule has 1 aromatic carbocycles. The van der Waals surface area contributed by atoms with Crippen LogP contribution in [0.3, 0.4) is 0 Å². The first-order valence-electron chi connectivity index (χ1n) is 6.14. The average molecular weight is 282 g/mol. The Morgan fingerprint density at radius 3 is 2.32 bits per heavy atom. The number of hydrogen-bond donors (Lipinski definition) is 0. The maximum atomic E-state index is 12.1. The molecule has 0 fully saturated rings. The number of sulfone groups is 1. The molecule has 5 heteroatoms. The largest absolute Gasteiger partial charge is 0.457 e. The monoisotopic (exact) mass is 282 g/mol. The van der Waals surface area contributed by atoms with Crippen molar-refractivity contribution in [3.63, 3.8) is 0 Å². The van der Waals surface area contributed by atoms with E-state index in [1.54, 1.807) is 38.1 Å². The molecule has 2 rings (SSSR count). The third-order valence-electron chi connectivity index (χ3n) is 2.85. The van der Waals surface area contributed by atoms with E-state index in [4.69, 9.17) is 9.47 Å². The molecule has 0 aromatic heterocycles. The maximum Gasteiger partial charge on any atom is 0.244 e. The van der Waals surface area contributed by atoms with Crippen molar-refractivity contribution < 1.29 is 17.9 Å². The summed E-state index contributed by atoms with van der Waals surface area (Å²) in [6, 6.07) is 6.86. The molecule has 0 atom stereocenters. The van der Waals surface area contributed by atoms with Gasteiger partial charge in [0.05, 0.1) is 10.6 Å². The van der Waals surface area contributed by atoms with Crippen molar-refractivity contribution in [2.24, 2.45) is 0 Å². The molecule has 0 amide bonds. The number of ether oxygens (including phenoxy) is 2. The third-order valence-corrected chi connectivity index (χ3v) is 4.58. The summed E-state index contributed by atoms with van der Waals surface area (Å²) in [5, 5.41) is 0. The number of aryl methyl sites for hydroxylation is 1. The van der Waals surface area contributed by atoms with Gasteiger partial charge < -0.3 is 9.47 Å². The van der Waals surface area contributed by atoms with Crippen molar-refractivity contribution in [3.05, 3.63) is 41.9 Å². The second-order valence-corrected chi connectivity index (χ2v) is 7.19.